The second kappa shape index (κ2) is 8.07. The summed E-state index contributed by atoms with van der Waals surface area (Å²) in [5, 5.41) is 12.2. The Morgan fingerprint density at radius 3 is 2.47 bits per heavy atom. The van der Waals surface area contributed by atoms with Crippen LogP contribution in [0.1, 0.15) is 20.3 Å². The molecule has 5 heteroatoms. The van der Waals surface area contributed by atoms with Crippen LogP contribution in [-0.2, 0) is 4.79 Å². The van der Waals surface area contributed by atoms with Crippen molar-refractivity contribution in [3.63, 3.8) is 0 Å². The van der Waals surface area contributed by atoms with Crippen LogP contribution in [0.2, 0.25) is 0 Å². The maximum absolute atomic E-state index is 11.1. The average Bonchev–Trinajstić information content (AvgIpc) is 2.37. The number of ether oxygens (including phenoxy) is 1. The molecule has 0 spiro atoms. The Labute approximate surface area is 118 Å². The first-order chi connectivity index (χ1) is 9.02. The van der Waals surface area contributed by atoms with Gasteiger partial charge in [-0.25, -0.2) is 0 Å². The number of aliphatic carboxylic acids is 1. The Morgan fingerprint density at radius 1 is 1.37 bits per heavy atom. The lowest BCUT2D eigenvalue weighted by Gasteiger charge is -2.16. The molecule has 0 fully saturated rings. The monoisotopic (exact) mass is 283 g/mol. The Kier molecular flexibility index (Phi) is 6.73. The van der Waals surface area contributed by atoms with Gasteiger partial charge in [0.25, 0.3) is 0 Å². The molecule has 1 rings (SSSR count). The Bertz CT molecular complexity index is 392. The van der Waals surface area contributed by atoms with E-state index < -0.39 is 12.0 Å². The lowest BCUT2D eigenvalue weighted by atomic mass is 10.2. The van der Waals surface area contributed by atoms with E-state index >= 15 is 0 Å². The van der Waals surface area contributed by atoms with Crippen molar-refractivity contribution >= 4 is 17.7 Å². The van der Waals surface area contributed by atoms with E-state index in [9.17, 15) is 4.79 Å². The van der Waals surface area contributed by atoms with E-state index in [2.05, 4.69) is 5.32 Å². The molecule has 19 heavy (non-hydrogen) atoms. The SMILES string of the molecule is COc1ccc(SCCC(NC(C)C)C(=O)O)cc1. The minimum Gasteiger partial charge on any atom is -0.497 e. The van der Waals surface area contributed by atoms with Crippen LogP contribution in [0.15, 0.2) is 29.2 Å². The number of carboxylic acid groups (broad SMARTS) is 1. The third-order valence-electron chi connectivity index (χ3n) is 2.57. The van der Waals surface area contributed by atoms with Crippen LogP contribution in [0, 0.1) is 0 Å². The van der Waals surface area contributed by atoms with Crippen molar-refractivity contribution in [1.82, 2.24) is 5.32 Å². The van der Waals surface area contributed by atoms with Crippen molar-refractivity contribution in [2.75, 3.05) is 12.9 Å². The standard InChI is InChI=1S/C14H21NO3S/c1-10(2)15-13(14(16)17)8-9-19-12-6-4-11(18-3)5-7-12/h4-7,10,13,15H,8-9H2,1-3H3,(H,16,17). The molecule has 1 aromatic carbocycles. The van der Waals surface area contributed by atoms with E-state index in [4.69, 9.17) is 9.84 Å². The van der Waals surface area contributed by atoms with Crippen LogP contribution in [0.5, 0.6) is 5.75 Å². The van der Waals surface area contributed by atoms with Gasteiger partial charge < -0.3 is 15.2 Å². The molecule has 0 aliphatic heterocycles. The molecule has 0 saturated heterocycles. The minimum absolute atomic E-state index is 0.173. The molecule has 1 aromatic rings. The first-order valence-corrected chi connectivity index (χ1v) is 7.27. The van der Waals surface area contributed by atoms with Crippen molar-refractivity contribution in [3.05, 3.63) is 24.3 Å². The fourth-order valence-corrected chi connectivity index (χ4v) is 2.56. The van der Waals surface area contributed by atoms with Crippen molar-refractivity contribution in [3.8, 4) is 5.75 Å². The molecule has 0 heterocycles. The number of hydrogen-bond donors (Lipinski definition) is 2. The van der Waals surface area contributed by atoms with E-state index in [0.717, 1.165) is 16.4 Å². The maximum Gasteiger partial charge on any atom is 0.320 e. The molecule has 1 unspecified atom stereocenters. The first-order valence-electron chi connectivity index (χ1n) is 6.28. The summed E-state index contributed by atoms with van der Waals surface area (Å²) in [6.45, 7) is 3.90. The number of nitrogens with one attached hydrogen (secondary N) is 1. The van der Waals surface area contributed by atoms with E-state index in [1.165, 1.54) is 0 Å². The van der Waals surface area contributed by atoms with Gasteiger partial charge in [-0.1, -0.05) is 13.8 Å². The van der Waals surface area contributed by atoms with E-state index in [-0.39, 0.29) is 6.04 Å². The smallest absolute Gasteiger partial charge is 0.320 e. The fourth-order valence-electron chi connectivity index (χ4n) is 1.65. The van der Waals surface area contributed by atoms with Crippen molar-refractivity contribution in [2.24, 2.45) is 0 Å². The summed E-state index contributed by atoms with van der Waals surface area (Å²) in [5.41, 5.74) is 0. The largest absolute Gasteiger partial charge is 0.497 e. The van der Waals surface area contributed by atoms with Crippen LogP contribution < -0.4 is 10.1 Å². The number of carbonyl (C=O) groups is 1. The summed E-state index contributed by atoms with van der Waals surface area (Å²) in [5.74, 6) is 0.807. The summed E-state index contributed by atoms with van der Waals surface area (Å²) < 4.78 is 5.09. The molecule has 1 atom stereocenters. The van der Waals surface area contributed by atoms with Crippen LogP contribution in [0.3, 0.4) is 0 Å². The summed E-state index contributed by atoms with van der Waals surface area (Å²) in [7, 11) is 1.64. The topological polar surface area (TPSA) is 58.6 Å². The Balaban J connectivity index is 2.40. The second-order valence-electron chi connectivity index (χ2n) is 4.52. The third kappa shape index (κ3) is 5.98. The van der Waals surface area contributed by atoms with Gasteiger partial charge in [0, 0.05) is 16.7 Å². The molecule has 2 N–H and O–H groups in total. The molecular formula is C14H21NO3S. The number of carboxylic acids is 1. The van der Waals surface area contributed by atoms with Gasteiger partial charge in [-0.05, 0) is 30.7 Å². The second-order valence-corrected chi connectivity index (χ2v) is 5.69. The summed E-state index contributed by atoms with van der Waals surface area (Å²) in [6, 6.07) is 7.47. The number of thioether (sulfide) groups is 1. The molecule has 0 aromatic heterocycles. The van der Waals surface area contributed by atoms with Gasteiger partial charge in [0.05, 0.1) is 7.11 Å². The first kappa shape index (κ1) is 15.9. The highest BCUT2D eigenvalue weighted by atomic mass is 32.2. The zero-order chi connectivity index (χ0) is 14.3. The molecule has 4 nitrogen and oxygen atoms in total. The Hall–Kier alpha value is -1.20. The van der Waals surface area contributed by atoms with Gasteiger partial charge in [-0.2, -0.15) is 0 Å². The van der Waals surface area contributed by atoms with Gasteiger partial charge in [-0.15, -0.1) is 11.8 Å². The quantitative estimate of drug-likeness (QED) is 0.718. The highest BCUT2D eigenvalue weighted by molar-refractivity contribution is 7.99. The third-order valence-corrected chi connectivity index (χ3v) is 3.61. The van der Waals surface area contributed by atoms with Gasteiger partial charge in [0.1, 0.15) is 11.8 Å². The normalized spacial score (nSPS) is 12.4. The zero-order valence-corrected chi connectivity index (χ0v) is 12.4. The number of benzene rings is 1. The van der Waals surface area contributed by atoms with E-state index in [0.29, 0.717) is 6.42 Å². The fraction of sp³-hybridized carbons (Fsp3) is 0.500. The molecule has 0 saturated carbocycles. The van der Waals surface area contributed by atoms with E-state index in [1.807, 2.05) is 38.1 Å². The highest BCUT2D eigenvalue weighted by Crippen LogP contribution is 2.22. The lowest BCUT2D eigenvalue weighted by Crippen LogP contribution is -2.41. The number of hydrogen-bond acceptors (Lipinski definition) is 4. The van der Waals surface area contributed by atoms with Crippen LogP contribution in [0.4, 0.5) is 0 Å². The van der Waals surface area contributed by atoms with Gasteiger partial charge in [0.2, 0.25) is 0 Å². The van der Waals surface area contributed by atoms with Gasteiger partial charge in [-0.3, -0.25) is 4.79 Å². The van der Waals surface area contributed by atoms with Crippen LogP contribution >= 0.6 is 11.8 Å². The van der Waals surface area contributed by atoms with Crippen molar-refractivity contribution in [2.45, 2.75) is 37.2 Å². The highest BCUT2D eigenvalue weighted by Gasteiger charge is 2.17. The maximum atomic E-state index is 11.1. The van der Waals surface area contributed by atoms with Crippen molar-refractivity contribution < 1.29 is 14.6 Å². The van der Waals surface area contributed by atoms with Crippen LogP contribution in [0.25, 0.3) is 0 Å². The van der Waals surface area contributed by atoms with Crippen LogP contribution in [-0.4, -0.2) is 36.0 Å². The summed E-state index contributed by atoms with van der Waals surface area (Å²) >= 11 is 1.65. The lowest BCUT2D eigenvalue weighted by molar-refractivity contribution is -0.139. The predicted molar refractivity (Wildman–Crippen MR) is 78.0 cm³/mol. The molecule has 0 bridgehead atoms. The summed E-state index contributed by atoms with van der Waals surface area (Å²) in [6.07, 6.45) is 0.601. The van der Waals surface area contributed by atoms with Gasteiger partial charge in [0.15, 0.2) is 0 Å². The average molecular weight is 283 g/mol. The number of methoxy groups -OCH3 is 1. The zero-order valence-electron chi connectivity index (χ0n) is 11.6. The molecule has 0 radical (unpaired) electrons. The van der Waals surface area contributed by atoms with Crippen molar-refractivity contribution in [1.29, 1.82) is 0 Å². The molecule has 106 valence electrons. The predicted octanol–water partition coefficient (Wildman–Crippen LogP) is 2.63. The Morgan fingerprint density at radius 2 is 2.00 bits per heavy atom. The minimum atomic E-state index is -0.788. The molecule has 0 aliphatic rings. The molecular weight excluding hydrogens is 262 g/mol. The molecule has 0 amide bonds. The number of rotatable bonds is 8. The van der Waals surface area contributed by atoms with E-state index in [1.54, 1.807) is 18.9 Å². The van der Waals surface area contributed by atoms with Gasteiger partial charge >= 0.3 is 5.97 Å². The molecule has 0 aliphatic carbocycles. The summed E-state index contributed by atoms with van der Waals surface area (Å²) in [4.78, 5) is 12.2.